The molecule has 0 fully saturated rings. The number of amides is 1. The summed E-state index contributed by atoms with van der Waals surface area (Å²) in [7, 11) is 1.59. The Morgan fingerprint density at radius 2 is 2.12 bits per heavy atom. The summed E-state index contributed by atoms with van der Waals surface area (Å²) < 4.78 is 5.90. The summed E-state index contributed by atoms with van der Waals surface area (Å²) in [5.41, 5.74) is 0.567. The van der Waals surface area contributed by atoms with Crippen LogP contribution < -0.4 is 10.1 Å². The molecule has 0 saturated heterocycles. The molecule has 0 saturated carbocycles. The van der Waals surface area contributed by atoms with Gasteiger partial charge in [-0.15, -0.1) is 0 Å². The number of benzene rings is 1. The van der Waals surface area contributed by atoms with Gasteiger partial charge >= 0.3 is 0 Å². The highest BCUT2D eigenvalue weighted by atomic mass is 79.9. The van der Waals surface area contributed by atoms with Crippen molar-refractivity contribution in [3.05, 3.63) is 39.8 Å². The van der Waals surface area contributed by atoms with E-state index in [-0.39, 0.29) is 5.91 Å². The van der Waals surface area contributed by atoms with Gasteiger partial charge in [0.2, 0.25) is 0 Å². The van der Waals surface area contributed by atoms with Gasteiger partial charge in [-0.25, -0.2) is 4.98 Å². The van der Waals surface area contributed by atoms with Gasteiger partial charge in [0.15, 0.2) is 5.13 Å². The molecule has 1 N–H and O–H groups in total. The van der Waals surface area contributed by atoms with Gasteiger partial charge in [-0.3, -0.25) is 10.1 Å². The zero-order chi connectivity index (χ0) is 12.3. The molecule has 4 nitrogen and oxygen atoms in total. The van der Waals surface area contributed by atoms with Gasteiger partial charge < -0.3 is 4.74 Å². The molecule has 0 spiro atoms. The van der Waals surface area contributed by atoms with Gasteiger partial charge in [0.25, 0.3) is 5.91 Å². The molecule has 0 radical (unpaired) electrons. The third-order valence-corrected chi connectivity index (χ3v) is 3.44. The number of hydrogen-bond acceptors (Lipinski definition) is 4. The van der Waals surface area contributed by atoms with E-state index in [4.69, 9.17) is 4.74 Å². The highest BCUT2D eigenvalue weighted by Gasteiger charge is 2.08. The number of aromatic nitrogens is 1. The summed E-state index contributed by atoms with van der Waals surface area (Å²) in [5.74, 6) is 0.535. The number of nitrogens with one attached hydrogen (secondary N) is 1. The maximum Gasteiger partial charge on any atom is 0.257 e. The quantitative estimate of drug-likeness (QED) is 0.947. The zero-order valence-electron chi connectivity index (χ0n) is 8.94. The van der Waals surface area contributed by atoms with Crippen LogP contribution in [0.4, 0.5) is 5.13 Å². The molecule has 2 rings (SSSR count). The van der Waals surface area contributed by atoms with Crippen molar-refractivity contribution in [2.24, 2.45) is 0 Å². The Balaban J connectivity index is 2.09. The van der Waals surface area contributed by atoms with Gasteiger partial charge in [0.1, 0.15) is 5.75 Å². The largest absolute Gasteiger partial charge is 0.497 e. The van der Waals surface area contributed by atoms with Crippen molar-refractivity contribution in [3.8, 4) is 5.75 Å². The highest BCUT2D eigenvalue weighted by Crippen LogP contribution is 2.23. The van der Waals surface area contributed by atoms with Crippen molar-refractivity contribution in [1.29, 1.82) is 0 Å². The third kappa shape index (κ3) is 3.04. The predicted molar refractivity (Wildman–Crippen MR) is 70.8 cm³/mol. The Hall–Kier alpha value is -1.40. The summed E-state index contributed by atoms with van der Waals surface area (Å²) in [6.07, 6.45) is 1.65. The second-order valence-corrected chi connectivity index (χ2v) is 5.56. The molecule has 1 amide bonds. The first-order valence-corrected chi connectivity index (χ1v) is 6.37. The van der Waals surface area contributed by atoms with Crippen LogP contribution in [0, 0.1) is 0 Å². The van der Waals surface area contributed by atoms with Crippen molar-refractivity contribution in [3.63, 3.8) is 0 Å². The smallest absolute Gasteiger partial charge is 0.257 e. The van der Waals surface area contributed by atoms with Crippen LogP contribution in [0.2, 0.25) is 0 Å². The van der Waals surface area contributed by atoms with Crippen molar-refractivity contribution >= 4 is 38.3 Å². The molecule has 0 atom stereocenters. The fourth-order valence-corrected chi connectivity index (χ4v) is 2.33. The Kier molecular flexibility index (Phi) is 3.75. The average molecular weight is 313 g/mol. The lowest BCUT2D eigenvalue weighted by Gasteiger charge is -2.03. The number of hydrogen-bond donors (Lipinski definition) is 1. The first kappa shape index (κ1) is 12.1. The molecule has 6 heteroatoms. The van der Waals surface area contributed by atoms with Gasteiger partial charge in [0.05, 0.1) is 17.1 Å². The second-order valence-electron chi connectivity index (χ2n) is 3.15. The molecule has 1 aromatic heterocycles. The SMILES string of the molecule is COc1ccc(C(=O)Nc2ncc(Br)s2)cc1. The average Bonchev–Trinajstić information content (AvgIpc) is 2.75. The molecule has 1 heterocycles. The Bertz CT molecular complexity index is 525. The number of rotatable bonds is 3. The van der Waals surface area contributed by atoms with E-state index in [0.717, 1.165) is 9.54 Å². The number of ether oxygens (including phenoxy) is 1. The molecule has 2 aromatic rings. The molecule has 0 aliphatic heterocycles. The van der Waals surface area contributed by atoms with Crippen LogP contribution in [-0.2, 0) is 0 Å². The highest BCUT2D eigenvalue weighted by molar-refractivity contribution is 9.11. The minimum atomic E-state index is -0.186. The number of methoxy groups -OCH3 is 1. The Morgan fingerprint density at radius 1 is 1.41 bits per heavy atom. The number of carbonyl (C=O) groups is 1. The standard InChI is InChI=1S/C11H9BrN2O2S/c1-16-8-4-2-7(3-5-8)10(15)14-11-13-6-9(12)17-11/h2-6H,1H3,(H,13,14,15). The number of nitrogens with zero attached hydrogens (tertiary/aromatic N) is 1. The van der Waals surface area contributed by atoms with Crippen LogP contribution in [-0.4, -0.2) is 18.0 Å². The molecule has 0 aliphatic rings. The number of carbonyl (C=O) groups excluding carboxylic acids is 1. The van der Waals surface area contributed by atoms with E-state index in [9.17, 15) is 4.79 Å². The molecular formula is C11H9BrN2O2S. The van der Waals surface area contributed by atoms with Crippen LogP contribution in [0.15, 0.2) is 34.2 Å². The van der Waals surface area contributed by atoms with E-state index in [1.54, 1.807) is 37.6 Å². The minimum absolute atomic E-state index is 0.186. The van der Waals surface area contributed by atoms with Gasteiger partial charge in [-0.05, 0) is 40.2 Å². The second kappa shape index (κ2) is 5.29. The summed E-state index contributed by atoms with van der Waals surface area (Å²) in [6.45, 7) is 0. The summed E-state index contributed by atoms with van der Waals surface area (Å²) in [4.78, 5) is 15.9. The first-order valence-electron chi connectivity index (χ1n) is 4.76. The lowest BCUT2D eigenvalue weighted by Crippen LogP contribution is -2.11. The van der Waals surface area contributed by atoms with E-state index >= 15 is 0 Å². The Labute approximate surface area is 111 Å². The molecule has 17 heavy (non-hydrogen) atoms. The monoisotopic (exact) mass is 312 g/mol. The molecule has 0 bridgehead atoms. The van der Waals surface area contributed by atoms with Crippen molar-refractivity contribution in [2.75, 3.05) is 12.4 Å². The van der Waals surface area contributed by atoms with Crippen LogP contribution in [0.5, 0.6) is 5.75 Å². The fraction of sp³-hybridized carbons (Fsp3) is 0.0909. The molecule has 0 unspecified atom stereocenters. The number of thiazole rings is 1. The minimum Gasteiger partial charge on any atom is -0.497 e. The van der Waals surface area contributed by atoms with E-state index < -0.39 is 0 Å². The summed E-state index contributed by atoms with van der Waals surface area (Å²) in [5, 5.41) is 3.28. The molecule has 0 aliphatic carbocycles. The summed E-state index contributed by atoms with van der Waals surface area (Å²) >= 11 is 4.65. The van der Waals surface area contributed by atoms with Gasteiger partial charge in [-0.2, -0.15) is 0 Å². The van der Waals surface area contributed by atoms with Gasteiger partial charge in [0, 0.05) is 5.56 Å². The van der Waals surface area contributed by atoms with E-state index in [1.165, 1.54) is 11.3 Å². The van der Waals surface area contributed by atoms with Crippen LogP contribution >= 0.6 is 27.3 Å². The Morgan fingerprint density at radius 3 is 2.65 bits per heavy atom. The first-order chi connectivity index (χ1) is 8.19. The molecule has 1 aromatic carbocycles. The maximum atomic E-state index is 11.8. The van der Waals surface area contributed by atoms with E-state index in [2.05, 4.69) is 26.2 Å². The van der Waals surface area contributed by atoms with Crippen molar-refractivity contribution < 1.29 is 9.53 Å². The summed E-state index contributed by atoms with van der Waals surface area (Å²) in [6, 6.07) is 6.90. The van der Waals surface area contributed by atoms with Crippen LogP contribution in [0.25, 0.3) is 0 Å². The topological polar surface area (TPSA) is 51.2 Å². The van der Waals surface area contributed by atoms with Crippen LogP contribution in [0.1, 0.15) is 10.4 Å². The third-order valence-electron chi connectivity index (χ3n) is 2.05. The zero-order valence-corrected chi connectivity index (χ0v) is 11.3. The van der Waals surface area contributed by atoms with Gasteiger partial charge in [-0.1, -0.05) is 11.3 Å². The van der Waals surface area contributed by atoms with E-state index in [1.807, 2.05) is 0 Å². The lowest BCUT2D eigenvalue weighted by atomic mass is 10.2. The normalized spacial score (nSPS) is 10.0. The molecule has 88 valence electrons. The number of anilines is 1. The van der Waals surface area contributed by atoms with E-state index in [0.29, 0.717) is 10.7 Å². The number of halogens is 1. The van der Waals surface area contributed by atoms with Crippen molar-refractivity contribution in [1.82, 2.24) is 4.98 Å². The molecular weight excluding hydrogens is 304 g/mol. The fourth-order valence-electron chi connectivity index (χ4n) is 1.22. The maximum absolute atomic E-state index is 11.8. The lowest BCUT2D eigenvalue weighted by molar-refractivity contribution is 0.102. The predicted octanol–water partition coefficient (Wildman–Crippen LogP) is 3.17. The van der Waals surface area contributed by atoms with Crippen LogP contribution in [0.3, 0.4) is 0 Å². The van der Waals surface area contributed by atoms with Crippen molar-refractivity contribution in [2.45, 2.75) is 0 Å².